The van der Waals surface area contributed by atoms with Gasteiger partial charge in [-0.05, 0) is 30.5 Å². The van der Waals surface area contributed by atoms with Crippen molar-refractivity contribution in [3.05, 3.63) is 35.4 Å². The molecule has 26 heavy (non-hydrogen) atoms. The van der Waals surface area contributed by atoms with E-state index >= 15 is 0 Å². The zero-order valence-electron chi connectivity index (χ0n) is 15.4. The number of rotatable bonds is 4. The van der Waals surface area contributed by atoms with Crippen molar-refractivity contribution in [2.45, 2.75) is 51.1 Å². The van der Waals surface area contributed by atoms with Crippen LogP contribution in [0.1, 0.15) is 54.4 Å². The predicted octanol–water partition coefficient (Wildman–Crippen LogP) is 1.94. The predicted molar refractivity (Wildman–Crippen MR) is 98.5 cm³/mol. The monoisotopic (exact) mass is 357 g/mol. The number of benzene rings is 1. The minimum absolute atomic E-state index is 0.0331. The number of likely N-dealkylation sites (N-methyl/N-ethyl adjacent to an activating group) is 1. The number of nitrogens with one attached hydrogen (secondary N) is 1. The van der Waals surface area contributed by atoms with Gasteiger partial charge in [-0.15, -0.1) is 0 Å². The lowest BCUT2D eigenvalue weighted by atomic mass is 10.1. The SMILES string of the molecule is CN1CCN(Cc2ccc(C(=O)NC3CCCCCC3)cc2)C(=O)C1=O. The molecule has 0 unspecified atom stereocenters. The number of carbonyl (C=O) groups is 3. The maximum Gasteiger partial charge on any atom is 0.312 e. The molecule has 1 aromatic carbocycles. The largest absolute Gasteiger partial charge is 0.349 e. The smallest absolute Gasteiger partial charge is 0.312 e. The maximum absolute atomic E-state index is 12.4. The van der Waals surface area contributed by atoms with Gasteiger partial charge in [0.05, 0.1) is 0 Å². The number of piperazine rings is 1. The summed E-state index contributed by atoms with van der Waals surface area (Å²) in [4.78, 5) is 39.2. The van der Waals surface area contributed by atoms with Gasteiger partial charge in [0.15, 0.2) is 0 Å². The van der Waals surface area contributed by atoms with E-state index in [1.54, 1.807) is 24.1 Å². The van der Waals surface area contributed by atoms with Crippen molar-refractivity contribution in [1.29, 1.82) is 0 Å². The van der Waals surface area contributed by atoms with E-state index in [-0.39, 0.29) is 11.9 Å². The Morgan fingerprint density at radius 3 is 2.31 bits per heavy atom. The van der Waals surface area contributed by atoms with Crippen LogP contribution in [0.2, 0.25) is 0 Å². The molecule has 1 aliphatic heterocycles. The average molecular weight is 357 g/mol. The summed E-state index contributed by atoms with van der Waals surface area (Å²) >= 11 is 0. The Balaban J connectivity index is 1.57. The van der Waals surface area contributed by atoms with Gasteiger partial charge in [0.1, 0.15) is 0 Å². The highest BCUT2D eigenvalue weighted by Gasteiger charge is 2.30. The summed E-state index contributed by atoms with van der Waals surface area (Å²) in [7, 11) is 1.64. The second-order valence-corrected chi connectivity index (χ2v) is 7.31. The van der Waals surface area contributed by atoms with Crippen LogP contribution in [-0.4, -0.2) is 53.7 Å². The first-order chi connectivity index (χ1) is 12.5. The Kier molecular flexibility index (Phi) is 5.91. The van der Waals surface area contributed by atoms with Crippen molar-refractivity contribution >= 4 is 17.7 Å². The molecule has 0 aromatic heterocycles. The molecule has 3 rings (SSSR count). The van der Waals surface area contributed by atoms with E-state index in [4.69, 9.17) is 0 Å². The van der Waals surface area contributed by atoms with Gasteiger partial charge >= 0.3 is 11.8 Å². The third-order valence-corrected chi connectivity index (χ3v) is 5.30. The lowest BCUT2D eigenvalue weighted by Gasteiger charge is -2.31. The van der Waals surface area contributed by atoms with E-state index in [1.807, 2.05) is 12.1 Å². The van der Waals surface area contributed by atoms with Gasteiger partial charge < -0.3 is 15.1 Å². The Morgan fingerprint density at radius 2 is 1.65 bits per heavy atom. The molecule has 1 heterocycles. The van der Waals surface area contributed by atoms with Crippen LogP contribution in [0, 0.1) is 0 Å². The van der Waals surface area contributed by atoms with Crippen molar-refractivity contribution in [2.75, 3.05) is 20.1 Å². The summed E-state index contributed by atoms with van der Waals surface area (Å²) < 4.78 is 0. The molecule has 2 aliphatic rings. The number of nitrogens with zero attached hydrogens (tertiary/aromatic N) is 2. The van der Waals surface area contributed by atoms with E-state index in [0.717, 1.165) is 18.4 Å². The van der Waals surface area contributed by atoms with Gasteiger partial charge in [0.2, 0.25) is 0 Å². The van der Waals surface area contributed by atoms with Crippen molar-refractivity contribution in [3.63, 3.8) is 0 Å². The van der Waals surface area contributed by atoms with Crippen LogP contribution in [0.4, 0.5) is 0 Å². The highest BCUT2D eigenvalue weighted by atomic mass is 16.2. The highest BCUT2D eigenvalue weighted by Crippen LogP contribution is 2.18. The Bertz CT molecular complexity index is 663. The molecule has 0 atom stereocenters. The van der Waals surface area contributed by atoms with Gasteiger partial charge in [-0.25, -0.2) is 0 Å². The molecule has 0 radical (unpaired) electrons. The van der Waals surface area contributed by atoms with E-state index in [2.05, 4.69) is 5.32 Å². The van der Waals surface area contributed by atoms with Gasteiger partial charge in [0.25, 0.3) is 5.91 Å². The first-order valence-corrected chi connectivity index (χ1v) is 9.49. The average Bonchev–Trinajstić information content (AvgIpc) is 2.91. The van der Waals surface area contributed by atoms with Crippen molar-refractivity contribution in [3.8, 4) is 0 Å². The van der Waals surface area contributed by atoms with Crippen LogP contribution < -0.4 is 5.32 Å². The third-order valence-electron chi connectivity index (χ3n) is 5.30. The number of carbonyl (C=O) groups excluding carboxylic acids is 3. The third kappa shape index (κ3) is 4.42. The van der Waals surface area contributed by atoms with Gasteiger partial charge in [-0.1, -0.05) is 37.8 Å². The van der Waals surface area contributed by atoms with E-state index in [9.17, 15) is 14.4 Å². The van der Waals surface area contributed by atoms with Crippen LogP contribution in [0.5, 0.6) is 0 Å². The van der Waals surface area contributed by atoms with Crippen LogP contribution >= 0.6 is 0 Å². The number of hydrogen-bond donors (Lipinski definition) is 1. The Morgan fingerprint density at radius 1 is 1.00 bits per heavy atom. The summed E-state index contributed by atoms with van der Waals surface area (Å²) in [6, 6.07) is 7.59. The zero-order chi connectivity index (χ0) is 18.5. The first kappa shape index (κ1) is 18.4. The molecule has 1 aliphatic carbocycles. The molecular weight excluding hydrogens is 330 g/mol. The summed E-state index contributed by atoms with van der Waals surface area (Å²) in [5.41, 5.74) is 1.56. The molecule has 1 saturated heterocycles. The van der Waals surface area contributed by atoms with Gasteiger partial charge in [-0.3, -0.25) is 14.4 Å². The fourth-order valence-electron chi connectivity index (χ4n) is 3.60. The van der Waals surface area contributed by atoms with Crippen molar-refractivity contribution in [1.82, 2.24) is 15.1 Å². The highest BCUT2D eigenvalue weighted by molar-refractivity contribution is 6.35. The molecule has 6 nitrogen and oxygen atoms in total. The molecule has 1 N–H and O–H groups in total. The Hall–Kier alpha value is -2.37. The molecule has 6 heteroatoms. The van der Waals surface area contributed by atoms with Crippen molar-refractivity contribution in [2.24, 2.45) is 0 Å². The minimum Gasteiger partial charge on any atom is -0.349 e. The Labute approximate surface area is 154 Å². The van der Waals surface area contributed by atoms with Crippen molar-refractivity contribution < 1.29 is 14.4 Å². The second kappa shape index (κ2) is 8.34. The summed E-state index contributed by atoms with van der Waals surface area (Å²) in [6.45, 7) is 1.47. The molecular formula is C20H27N3O3. The normalized spacial score (nSPS) is 19.4. The maximum atomic E-state index is 12.4. The molecule has 3 amide bonds. The van der Waals surface area contributed by atoms with E-state index in [0.29, 0.717) is 25.2 Å². The fraction of sp³-hybridized carbons (Fsp3) is 0.550. The standard InChI is InChI=1S/C20H27N3O3/c1-22-12-13-23(20(26)19(22)25)14-15-8-10-16(11-9-15)18(24)21-17-6-4-2-3-5-7-17/h8-11,17H,2-7,12-14H2,1H3,(H,21,24). The van der Waals surface area contributed by atoms with E-state index in [1.165, 1.54) is 30.6 Å². The van der Waals surface area contributed by atoms with Gasteiger partial charge in [-0.2, -0.15) is 0 Å². The molecule has 0 bridgehead atoms. The molecule has 1 aromatic rings. The molecule has 2 fully saturated rings. The molecule has 0 spiro atoms. The lowest BCUT2D eigenvalue weighted by molar-refractivity contribution is -0.155. The van der Waals surface area contributed by atoms with Crippen LogP contribution in [0.3, 0.4) is 0 Å². The second-order valence-electron chi connectivity index (χ2n) is 7.31. The first-order valence-electron chi connectivity index (χ1n) is 9.49. The quantitative estimate of drug-likeness (QED) is 0.661. The van der Waals surface area contributed by atoms with Crippen LogP contribution in [0.25, 0.3) is 0 Å². The minimum atomic E-state index is -0.464. The lowest BCUT2D eigenvalue weighted by Crippen LogP contribution is -2.52. The topological polar surface area (TPSA) is 69.7 Å². The summed E-state index contributed by atoms with van der Waals surface area (Å²) in [5.74, 6) is -0.959. The van der Waals surface area contributed by atoms with Gasteiger partial charge in [0, 0.05) is 38.3 Å². The summed E-state index contributed by atoms with van der Waals surface area (Å²) in [5, 5.41) is 3.14. The van der Waals surface area contributed by atoms with Crippen LogP contribution in [-0.2, 0) is 16.1 Å². The summed E-state index contributed by atoms with van der Waals surface area (Å²) in [6.07, 6.45) is 7.00. The zero-order valence-corrected chi connectivity index (χ0v) is 15.4. The number of hydrogen-bond acceptors (Lipinski definition) is 3. The molecule has 140 valence electrons. The number of amides is 3. The van der Waals surface area contributed by atoms with E-state index < -0.39 is 11.8 Å². The van der Waals surface area contributed by atoms with Crippen LogP contribution in [0.15, 0.2) is 24.3 Å². The molecule has 1 saturated carbocycles. The fourth-order valence-corrected chi connectivity index (χ4v) is 3.60.